The van der Waals surface area contributed by atoms with E-state index in [-0.39, 0.29) is 5.56 Å². The minimum absolute atomic E-state index is 0.136. The van der Waals surface area contributed by atoms with E-state index < -0.39 is 0 Å². The molecule has 0 aliphatic rings. The van der Waals surface area contributed by atoms with Gasteiger partial charge in [0.05, 0.1) is 30.3 Å². The number of hydrogen-bond acceptors (Lipinski definition) is 5. The molecule has 7 heteroatoms. The van der Waals surface area contributed by atoms with Crippen molar-refractivity contribution in [1.29, 1.82) is 0 Å². The number of thioether (sulfide) groups is 1. The molecule has 0 amide bonds. The largest absolute Gasteiger partial charge is 0.495 e. The Morgan fingerprint density at radius 1 is 1.03 bits per heavy atom. The van der Waals surface area contributed by atoms with Crippen LogP contribution in [0.15, 0.2) is 82.7 Å². The highest BCUT2D eigenvalue weighted by Crippen LogP contribution is 2.27. The standard InChI is InChI=1S/C23H19ClN2O3S/c1-28-21-12-5-4-11-20(21)26-22(27)18-9-2-3-10-19(18)25-23(26)30-14-13-29-17-8-6-7-16(24)15-17/h2-12,15H,13-14H2,1H3. The van der Waals surface area contributed by atoms with Gasteiger partial charge in [-0.05, 0) is 42.5 Å². The number of para-hydroxylation sites is 3. The maximum Gasteiger partial charge on any atom is 0.266 e. The van der Waals surface area contributed by atoms with Gasteiger partial charge < -0.3 is 9.47 Å². The van der Waals surface area contributed by atoms with E-state index in [1.807, 2.05) is 54.6 Å². The average molecular weight is 439 g/mol. The van der Waals surface area contributed by atoms with Crippen LogP contribution in [0.2, 0.25) is 5.02 Å². The second-order valence-electron chi connectivity index (χ2n) is 6.38. The molecule has 0 bridgehead atoms. The molecule has 0 aliphatic carbocycles. The summed E-state index contributed by atoms with van der Waals surface area (Å²) < 4.78 is 12.9. The zero-order chi connectivity index (χ0) is 20.9. The normalized spacial score (nSPS) is 10.9. The number of fused-ring (bicyclic) bond motifs is 1. The summed E-state index contributed by atoms with van der Waals surface area (Å²) in [5, 5.41) is 1.77. The van der Waals surface area contributed by atoms with Gasteiger partial charge in [0.25, 0.3) is 5.56 Å². The van der Waals surface area contributed by atoms with Gasteiger partial charge in [-0.3, -0.25) is 9.36 Å². The highest BCUT2D eigenvalue weighted by molar-refractivity contribution is 7.99. The molecule has 0 N–H and O–H groups in total. The Bertz CT molecular complexity index is 1240. The Balaban J connectivity index is 1.67. The van der Waals surface area contributed by atoms with E-state index in [2.05, 4.69) is 0 Å². The number of ether oxygens (including phenoxy) is 2. The highest BCUT2D eigenvalue weighted by atomic mass is 35.5. The molecule has 0 saturated carbocycles. The Labute approximate surface area is 183 Å². The van der Waals surface area contributed by atoms with Crippen LogP contribution in [0.3, 0.4) is 0 Å². The SMILES string of the molecule is COc1ccccc1-n1c(SCCOc2cccc(Cl)c2)nc2ccccc2c1=O. The van der Waals surface area contributed by atoms with Crippen molar-refractivity contribution >= 4 is 34.3 Å². The predicted molar refractivity (Wildman–Crippen MR) is 122 cm³/mol. The molecular weight excluding hydrogens is 420 g/mol. The maximum absolute atomic E-state index is 13.3. The zero-order valence-corrected chi connectivity index (χ0v) is 17.8. The van der Waals surface area contributed by atoms with Gasteiger partial charge in [-0.25, -0.2) is 4.98 Å². The van der Waals surface area contributed by atoms with Crippen molar-refractivity contribution in [3.63, 3.8) is 0 Å². The third-order valence-electron chi connectivity index (χ3n) is 4.45. The van der Waals surface area contributed by atoms with Gasteiger partial charge in [-0.15, -0.1) is 0 Å². The smallest absolute Gasteiger partial charge is 0.266 e. The van der Waals surface area contributed by atoms with Crippen LogP contribution in [0.1, 0.15) is 0 Å². The van der Waals surface area contributed by atoms with Crippen LogP contribution in [-0.4, -0.2) is 29.0 Å². The van der Waals surface area contributed by atoms with Gasteiger partial charge in [-0.1, -0.05) is 53.7 Å². The molecule has 0 atom stereocenters. The Morgan fingerprint density at radius 2 is 1.83 bits per heavy atom. The molecule has 152 valence electrons. The molecule has 1 aromatic heterocycles. The van der Waals surface area contributed by atoms with Crippen LogP contribution in [0.5, 0.6) is 11.5 Å². The molecule has 0 unspecified atom stereocenters. The number of benzene rings is 3. The number of halogens is 1. The lowest BCUT2D eigenvalue weighted by Crippen LogP contribution is -2.22. The number of nitrogens with zero attached hydrogens (tertiary/aromatic N) is 2. The summed E-state index contributed by atoms with van der Waals surface area (Å²) in [4.78, 5) is 18.1. The third-order valence-corrected chi connectivity index (χ3v) is 5.59. The Hall–Kier alpha value is -2.96. The first-order valence-electron chi connectivity index (χ1n) is 9.34. The molecule has 5 nitrogen and oxygen atoms in total. The van der Waals surface area contributed by atoms with Crippen LogP contribution >= 0.6 is 23.4 Å². The summed E-state index contributed by atoms with van der Waals surface area (Å²) in [6.45, 7) is 0.444. The number of rotatable bonds is 7. The monoisotopic (exact) mass is 438 g/mol. The molecule has 0 radical (unpaired) electrons. The molecule has 0 spiro atoms. The summed E-state index contributed by atoms with van der Waals surface area (Å²) in [6.07, 6.45) is 0. The molecule has 4 aromatic rings. The summed E-state index contributed by atoms with van der Waals surface area (Å²) in [6, 6.07) is 22.0. The van der Waals surface area contributed by atoms with E-state index in [1.54, 1.807) is 29.9 Å². The number of methoxy groups -OCH3 is 1. The zero-order valence-electron chi connectivity index (χ0n) is 16.2. The van der Waals surface area contributed by atoms with Crippen LogP contribution in [-0.2, 0) is 0 Å². The summed E-state index contributed by atoms with van der Waals surface area (Å²) >= 11 is 7.45. The minimum Gasteiger partial charge on any atom is -0.495 e. The van der Waals surface area contributed by atoms with Crippen LogP contribution in [0, 0.1) is 0 Å². The van der Waals surface area contributed by atoms with E-state index in [4.69, 9.17) is 26.1 Å². The number of aromatic nitrogens is 2. The predicted octanol–water partition coefficient (Wildman–Crippen LogP) is 5.22. The molecule has 30 heavy (non-hydrogen) atoms. The lowest BCUT2D eigenvalue weighted by atomic mass is 10.2. The second kappa shape index (κ2) is 9.24. The highest BCUT2D eigenvalue weighted by Gasteiger charge is 2.16. The van der Waals surface area contributed by atoms with Crippen molar-refractivity contribution in [3.05, 3.63) is 88.2 Å². The quantitative estimate of drug-likeness (QED) is 0.225. The Kier molecular flexibility index (Phi) is 6.26. The molecule has 4 rings (SSSR count). The van der Waals surface area contributed by atoms with Crippen molar-refractivity contribution < 1.29 is 9.47 Å². The van der Waals surface area contributed by atoms with Crippen LogP contribution < -0.4 is 15.0 Å². The maximum atomic E-state index is 13.3. The lowest BCUT2D eigenvalue weighted by Gasteiger charge is -2.15. The second-order valence-corrected chi connectivity index (χ2v) is 7.88. The van der Waals surface area contributed by atoms with Crippen molar-refractivity contribution in [2.24, 2.45) is 0 Å². The topological polar surface area (TPSA) is 53.4 Å². The summed E-state index contributed by atoms with van der Waals surface area (Å²) in [5.74, 6) is 1.91. The van der Waals surface area contributed by atoms with Gasteiger partial charge in [-0.2, -0.15) is 0 Å². The fourth-order valence-corrected chi connectivity index (χ4v) is 4.09. The third kappa shape index (κ3) is 4.30. The molecule has 0 aliphatic heterocycles. The fraction of sp³-hybridized carbons (Fsp3) is 0.130. The molecule has 1 heterocycles. The van der Waals surface area contributed by atoms with Crippen molar-refractivity contribution in [3.8, 4) is 17.2 Å². The average Bonchev–Trinajstić information content (AvgIpc) is 2.77. The molecular formula is C23H19ClN2O3S. The molecule has 0 saturated heterocycles. The van der Waals surface area contributed by atoms with Gasteiger partial charge in [0.1, 0.15) is 11.5 Å². The first-order valence-corrected chi connectivity index (χ1v) is 10.7. The van der Waals surface area contributed by atoms with Gasteiger partial charge >= 0.3 is 0 Å². The molecule has 0 fully saturated rings. The first kappa shape index (κ1) is 20.3. The minimum atomic E-state index is -0.136. The van der Waals surface area contributed by atoms with Crippen molar-refractivity contribution in [1.82, 2.24) is 9.55 Å². The van der Waals surface area contributed by atoms with Crippen molar-refractivity contribution in [2.75, 3.05) is 19.5 Å². The van der Waals surface area contributed by atoms with E-state index in [9.17, 15) is 4.79 Å². The summed E-state index contributed by atoms with van der Waals surface area (Å²) in [5.41, 5.74) is 1.18. The van der Waals surface area contributed by atoms with Crippen molar-refractivity contribution in [2.45, 2.75) is 5.16 Å². The van der Waals surface area contributed by atoms with E-state index in [1.165, 1.54) is 11.8 Å². The van der Waals surface area contributed by atoms with E-state index >= 15 is 0 Å². The van der Waals surface area contributed by atoms with Gasteiger partial charge in [0.15, 0.2) is 5.16 Å². The first-order chi connectivity index (χ1) is 14.7. The fourth-order valence-electron chi connectivity index (χ4n) is 3.09. The van der Waals surface area contributed by atoms with E-state index in [0.29, 0.717) is 50.6 Å². The lowest BCUT2D eigenvalue weighted by molar-refractivity contribution is 0.344. The Morgan fingerprint density at radius 3 is 2.67 bits per heavy atom. The van der Waals surface area contributed by atoms with E-state index in [0.717, 1.165) is 0 Å². The van der Waals surface area contributed by atoms with Crippen LogP contribution in [0.4, 0.5) is 0 Å². The van der Waals surface area contributed by atoms with Crippen LogP contribution in [0.25, 0.3) is 16.6 Å². The summed E-state index contributed by atoms with van der Waals surface area (Å²) in [7, 11) is 1.59. The number of hydrogen-bond donors (Lipinski definition) is 0. The van der Waals surface area contributed by atoms with Gasteiger partial charge in [0.2, 0.25) is 0 Å². The van der Waals surface area contributed by atoms with Gasteiger partial charge in [0, 0.05) is 10.8 Å². The molecule has 3 aromatic carbocycles.